The van der Waals surface area contributed by atoms with E-state index in [1.807, 2.05) is 6.92 Å². The van der Waals surface area contributed by atoms with Crippen molar-refractivity contribution in [1.82, 2.24) is 9.62 Å². The molecule has 0 aliphatic carbocycles. The van der Waals surface area contributed by atoms with E-state index in [1.54, 1.807) is 42.5 Å². The number of rotatable bonds is 5. The molecule has 0 radical (unpaired) electrons. The van der Waals surface area contributed by atoms with Crippen LogP contribution in [-0.4, -0.2) is 36.8 Å². The van der Waals surface area contributed by atoms with Crippen LogP contribution in [0, 0.1) is 12.8 Å². The number of carbonyl (C=O) groups is 1. The predicted molar refractivity (Wildman–Crippen MR) is 120 cm³/mol. The molecule has 2 aromatic rings. The van der Waals surface area contributed by atoms with Crippen LogP contribution in [-0.2, 0) is 14.8 Å². The lowest BCUT2D eigenvalue weighted by molar-refractivity contribution is -0.115. The summed E-state index contributed by atoms with van der Waals surface area (Å²) in [5.74, 6) is 1.48. The standard InChI is InChI=1S/C21H25N3O4S2/c1-15-11-13-24(14-12-15)30(26,27)19-8-4-17(5-9-19)22-21(29)23-20(25)10-7-18-6-3-16(2)28-18/h3-10,15H,11-14H2,1-2H3,(H2,22,23,25,29)/b10-7+. The van der Waals surface area contributed by atoms with Crippen LogP contribution in [0.15, 0.2) is 51.8 Å². The Hall–Kier alpha value is -2.49. The number of benzene rings is 1. The Morgan fingerprint density at radius 2 is 1.83 bits per heavy atom. The molecule has 0 unspecified atom stereocenters. The van der Waals surface area contributed by atoms with E-state index in [4.69, 9.17) is 16.6 Å². The number of sulfonamides is 1. The number of nitrogens with one attached hydrogen (secondary N) is 2. The fraction of sp³-hybridized carbons (Fsp3) is 0.333. The summed E-state index contributed by atoms with van der Waals surface area (Å²) in [6, 6.07) is 9.90. The number of furan rings is 1. The number of thiocarbonyl (C=S) groups is 1. The molecular formula is C21H25N3O4S2. The quantitative estimate of drug-likeness (QED) is 0.538. The highest BCUT2D eigenvalue weighted by Gasteiger charge is 2.27. The van der Waals surface area contributed by atoms with Crippen LogP contribution in [0.25, 0.3) is 6.08 Å². The van der Waals surface area contributed by atoms with Gasteiger partial charge in [0.05, 0.1) is 4.90 Å². The number of aryl methyl sites for hydroxylation is 1. The van der Waals surface area contributed by atoms with Crippen molar-refractivity contribution < 1.29 is 17.6 Å². The average molecular weight is 448 g/mol. The zero-order valence-corrected chi connectivity index (χ0v) is 18.6. The molecule has 9 heteroatoms. The SMILES string of the molecule is Cc1ccc(/C=C/C(=O)NC(=S)Nc2ccc(S(=O)(=O)N3CCC(C)CC3)cc2)o1. The molecule has 1 amide bonds. The average Bonchev–Trinajstić information content (AvgIpc) is 3.12. The highest BCUT2D eigenvalue weighted by molar-refractivity contribution is 7.89. The number of carbonyl (C=O) groups excluding carboxylic acids is 1. The van der Waals surface area contributed by atoms with E-state index in [0.29, 0.717) is 30.5 Å². The summed E-state index contributed by atoms with van der Waals surface area (Å²) in [7, 11) is -3.50. The predicted octanol–water partition coefficient (Wildman–Crippen LogP) is 3.54. The van der Waals surface area contributed by atoms with Crippen LogP contribution in [0.5, 0.6) is 0 Å². The molecule has 1 aromatic heterocycles. The second-order valence-corrected chi connectivity index (χ2v) is 9.68. The highest BCUT2D eigenvalue weighted by atomic mass is 32.2. The number of piperidine rings is 1. The van der Waals surface area contributed by atoms with Crippen molar-refractivity contribution in [2.24, 2.45) is 5.92 Å². The number of amides is 1. The first kappa shape index (κ1) is 22.2. The van der Waals surface area contributed by atoms with Crippen LogP contribution in [0.1, 0.15) is 31.3 Å². The van der Waals surface area contributed by atoms with Gasteiger partial charge in [0.1, 0.15) is 11.5 Å². The molecule has 3 rings (SSSR count). The maximum Gasteiger partial charge on any atom is 0.250 e. The Morgan fingerprint density at radius 3 is 2.43 bits per heavy atom. The van der Waals surface area contributed by atoms with Gasteiger partial charge in [0.25, 0.3) is 0 Å². The summed E-state index contributed by atoms with van der Waals surface area (Å²) in [5.41, 5.74) is 0.581. The summed E-state index contributed by atoms with van der Waals surface area (Å²) in [6.07, 6.45) is 4.62. The molecule has 0 bridgehead atoms. The summed E-state index contributed by atoms with van der Waals surface area (Å²) in [4.78, 5) is 12.2. The van der Waals surface area contributed by atoms with Crippen molar-refractivity contribution in [3.8, 4) is 0 Å². The molecule has 0 atom stereocenters. The highest BCUT2D eigenvalue weighted by Crippen LogP contribution is 2.24. The molecule has 2 N–H and O–H groups in total. The minimum absolute atomic E-state index is 0.112. The van der Waals surface area contributed by atoms with Crippen LogP contribution in [0.4, 0.5) is 5.69 Å². The van der Waals surface area contributed by atoms with Gasteiger partial charge < -0.3 is 9.73 Å². The van der Waals surface area contributed by atoms with Crippen molar-refractivity contribution in [2.45, 2.75) is 31.6 Å². The molecule has 1 aromatic carbocycles. The lowest BCUT2D eigenvalue weighted by Crippen LogP contribution is -2.37. The second kappa shape index (κ2) is 9.55. The second-order valence-electron chi connectivity index (χ2n) is 7.34. The zero-order valence-electron chi connectivity index (χ0n) is 16.9. The molecular weight excluding hydrogens is 422 g/mol. The van der Waals surface area contributed by atoms with Gasteiger partial charge in [-0.25, -0.2) is 8.42 Å². The van der Waals surface area contributed by atoms with Crippen molar-refractivity contribution in [3.05, 3.63) is 54.0 Å². The third-order valence-corrected chi connectivity index (χ3v) is 7.01. The van der Waals surface area contributed by atoms with Crippen molar-refractivity contribution in [1.29, 1.82) is 0 Å². The Balaban J connectivity index is 1.55. The van der Waals surface area contributed by atoms with Crippen LogP contribution in [0.2, 0.25) is 0 Å². The van der Waals surface area contributed by atoms with Gasteiger partial charge in [0.2, 0.25) is 15.9 Å². The molecule has 7 nitrogen and oxygen atoms in total. The fourth-order valence-corrected chi connectivity index (χ4v) is 4.79. The Kier molecular flexibility index (Phi) is 7.06. The first-order valence-corrected chi connectivity index (χ1v) is 11.6. The smallest absolute Gasteiger partial charge is 0.250 e. The maximum absolute atomic E-state index is 12.8. The molecule has 0 saturated carbocycles. The number of anilines is 1. The van der Waals surface area contributed by atoms with Gasteiger partial charge in [-0.05, 0) is 80.4 Å². The fourth-order valence-electron chi connectivity index (χ4n) is 3.10. The van der Waals surface area contributed by atoms with Crippen LogP contribution in [0.3, 0.4) is 0 Å². The number of nitrogens with zero attached hydrogens (tertiary/aromatic N) is 1. The van der Waals surface area contributed by atoms with Gasteiger partial charge in [0.15, 0.2) is 5.11 Å². The van der Waals surface area contributed by atoms with E-state index >= 15 is 0 Å². The van der Waals surface area contributed by atoms with Gasteiger partial charge in [-0.1, -0.05) is 6.92 Å². The van der Waals surface area contributed by atoms with E-state index < -0.39 is 15.9 Å². The molecule has 1 saturated heterocycles. The Bertz CT molecular complexity index is 1030. The largest absolute Gasteiger partial charge is 0.462 e. The summed E-state index contributed by atoms with van der Waals surface area (Å²) in [5, 5.41) is 5.52. The van der Waals surface area contributed by atoms with Gasteiger partial charge in [-0.3, -0.25) is 10.1 Å². The van der Waals surface area contributed by atoms with Crippen LogP contribution < -0.4 is 10.6 Å². The lowest BCUT2D eigenvalue weighted by Gasteiger charge is -2.29. The van der Waals surface area contributed by atoms with Crippen LogP contribution >= 0.6 is 12.2 Å². The van der Waals surface area contributed by atoms with Crippen molar-refractivity contribution in [3.63, 3.8) is 0 Å². The number of hydrogen-bond donors (Lipinski definition) is 2. The third kappa shape index (κ3) is 5.78. The summed E-state index contributed by atoms with van der Waals surface area (Å²) >= 11 is 5.14. The monoisotopic (exact) mass is 447 g/mol. The van der Waals surface area contributed by atoms with E-state index in [-0.39, 0.29) is 10.0 Å². The zero-order chi connectivity index (χ0) is 21.7. The number of hydrogen-bond acceptors (Lipinski definition) is 5. The molecule has 160 valence electrons. The maximum atomic E-state index is 12.8. The topological polar surface area (TPSA) is 91.7 Å². The van der Waals surface area contributed by atoms with E-state index in [2.05, 4.69) is 17.6 Å². The molecule has 2 heterocycles. The van der Waals surface area contributed by atoms with E-state index in [1.165, 1.54) is 10.4 Å². The summed E-state index contributed by atoms with van der Waals surface area (Å²) in [6.45, 7) is 5.05. The van der Waals surface area contributed by atoms with Crippen molar-refractivity contribution >= 4 is 45.0 Å². The minimum Gasteiger partial charge on any atom is -0.462 e. The third-order valence-electron chi connectivity index (χ3n) is 4.89. The first-order chi connectivity index (χ1) is 14.2. The van der Waals surface area contributed by atoms with E-state index in [9.17, 15) is 13.2 Å². The van der Waals surface area contributed by atoms with Gasteiger partial charge >= 0.3 is 0 Å². The lowest BCUT2D eigenvalue weighted by atomic mass is 10.0. The van der Waals surface area contributed by atoms with E-state index in [0.717, 1.165) is 18.6 Å². The van der Waals surface area contributed by atoms with Gasteiger partial charge in [-0.15, -0.1) is 0 Å². The molecule has 1 fully saturated rings. The Morgan fingerprint density at radius 1 is 1.17 bits per heavy atom. The van der Waals surface area contributed by atoms with Gasteiger partial charge in [-0.2, -0.15) is 4.31 Å². The molecule has 1 aliphatic rings. The normalized spacial score (nSPS) is 15.9. The van der Waals surface area contributed by atoms with Gasteiger partial charge in [0, 0.05) is 24.9 Å². The Labute approximate surface area is 182 Å². The molecule has 1 aliphatic heterocycles. The minimum atomic E-state index is -3.50. The summed E-state index contributed by atoms with van der Waals surface area (Å²) < 4.78 is 32.4. The van der Waals surface area contributed by atoms with Crippen molar-refractivity contribution in [2.75, 3.05) is 18.4 Å². The first-order valence-electron chi connectivity index (χ1n) is 9.71. The molecule has 30 heavy (non-hydrogen) atoms. The molecule has 0 spiro atoms.